The maximum Gasteiger partial charge on any atom is 0.218 e. The maximum absolute atomic E-state index is 12.0. The highest BCUT2D eigenvalue weighted by Crippen LogP contribution is 2.19. The number of aliphatic hydroxyl groups excluding tert-OH is 1. The molecule has 0 amide bonds. The van der Waals surface area contributed by atoms with E-state index in [0.717, 1.165) is 25.9 Å². The molecule has 2 atom stereocenters. The van der Waals surface area contributed by atoms with E-state index in [1.165, 1.54) is 11.2 Å². The van der Waals surface area contributed by atoms with Crippen molar-refractivity contribution in [2.45, 2.75) is 38.0 Å². The summed E-state index contributed by atoms with van der Waals surface area (Å²) >= 11 is 0. The van der Waals surface area contributed by atoms with Gasteiger partial charge in [0.15, 0.2) is 0 Å². The van der Waals surface area contributed by atoms with Crippen LogP contribution < -0.4 is 0 Å². The fraction of sp³-hybridized carbons (Fsp3) is 1.00. The molecule has 0 aromatic heterocycles. The van der Waals surface area contributed by atoms with Gasteiger partial charge in [-0.25, -0.2) is 12.7 Å². The highest BCUT2D eigenvalue weighted by atomic mass is 32.2. The molecule has 102 valence electrons. The van der Waals surface area contributed by atoms with E-state index >= 15 is 0 Å². The van der Waals surface area contributed by atoms with Crippen molar-refractivity contribution >= 4 is 10.0 Å². The second-order valence-electron chi connectivity index (χ2n) is 4.74. The molecule has 0 spiro atoms. The van der Waals surface area contributed by atoms with Crippen molar-refractivity contribution in [3.63, 3.8) is 0 Å². The number of hydrogen-bond donors (Lipinski definition) is 1. The van der Waals surface area contributed by atoms with Crippen LogP contribution >= 0.6 is 0 Å². The van der Waals surface area contributed by atoms with Gasteiger partial charge in [0.05, 0.1) is 11.9 Å². The van der Waals surface area contributed by atoms with Gasteiger partial charge in [-0.05, 0) is 32.9 Å². The molecule has 0 radical (unpaired) electrons. The standard InChI is InChI=1S/C11H24N2O3S/c1-4-13-7-5-6-11(13)8-12(3)17(15,16)10(2)9-14/h10-11,14H,4-9H2,1-3H3. The first-order valence-corrected chi connectivity index (χ1v) is 7.73. The first-order chi connectivity index (χ1) is 7.93. The average molecular weight is 264 g/mol. The van der Waals surface area contributed by atoms with Crippen molar-refractivity contribution in [2.24, 2.45) is 0 Å². The van der Waals surface area contributed by atoms with Crippen LogP contribution in [0.25, 0.3) is 0 Å². The number of sulfonamides is 1. The third-order valence-corrected chi connectivity index (χ3v) is 5.76. The minimum absolute atomic E-state index is 0.325. The quantitative estimate of drug-likeness (QED) is 0.740. The van der Waals surface area contributed by atoms with Gasteiger partial charge in [-0.15, -0.1) is 0 Å². The van der Waals surface area contributed by atoms with Gasteiger partial charge in [0.1, 0.15) is 0 Å². The molecular weight excluding hydrogens is 240 g/mol. The first kappa shape index (κ1) is 14.9. The van der Waals surface area contributed by atoms with Crippen LogP contribution in [-0.4, -0.2) is 67.3 Å². The Kier molecular flexibility index (Phi) is 5.37. The molecule has 1 saturated heterocycles. The van der Waals surface area contributed by atoms with Crippen molar-refractivity contribution in [1.82, 2.24) is 9.21 Å². The molecule has 6 heteroatoms. The number of likely N-dealkylation sites (tertiary alicyclic amines) is 1. The molecule has 1 N–H and O–H groups in total. The number of hydrogen-bond acceptors (Lipinski definition) is 4. The first-order valence-electron chi connectivity index (χ1n) is 6.23. The molecule has 1 rings (SSSR count). The van der Waals surface area contributed by atoms with Gasteiger partial charge in [0.25, 0.3) is 0 Å². The molecule has 2 unspecified atom stereocenters. The molecule has 17 heavy (non-hydrogen) atoms. The molecule has 0 bridgehead atoms. The van der Waals surface area contributed by atoms with Crippen LogP contribution in [0.4, 0.5) is 0 Å². The number of likely N-dealkylation sites (N-methyl/N-ethyl adjacent to an activating group) is 2. The van der Waals surface area contributed by atoms with Crippen LogP contribution in [0.1, 0.15) is 26.7 Å². The van der Waals surface area contributed by atoms with Gasteiger partial charge in [-0.1, -0.05) is 6.92 Å². The molecule has 0 aliphatic carbocycles. The van der Waals surface area contributed by atoms with E-state index in [-0.39, 0.29) is 6.61 Å². The van der Waals surface area contributed by atoms with E-state index < -0.39 is 15.3 Å². The van der Waals surface area contributed by atoms with E-state index in [1.807, 2.05) is 0 Å². The predicted octanol–water partition coefficient (Wildman–Crippen LogP) is 0.113. The van der Waals surface area contributed by atoms with Crippen molar-refractivity contribution < 1.29 is 13.5 Å². The summed E-state index contributed by atoms with van der Waals surface area (Å²) in [6.07, 6.45) is 2.20. The van der Waals surface area contributed by atoms with Crippen molar-refractivity contribution in [1.29, 1.82) is 0 Å². The monoisotopic (exact) mass is 264 g/mol. The topological polar surface area (TPSA) is 60.9 Å². The lowest BCUT2D eigenvalue weighted by Crippen LogP contribution is -2.44. The summed E-state index contributed by atoms with van der Waals surface area (Å²) in [7, 11) is -1.75. The Morgan fingerprint density at radius 1 is 1.53 bits per heavy atom. The van der Waals surface area contributed by atoms with Crippen molar-refractivity contribution in [2.75, 3.05) is 33.3 Å². The molecule has 0 aromatic rings. The zero-order valence-electron chi connectivity index (χ0n) is 11.0. The SMILES string of the molecule is CCN1CCCC1CN(C)S(=O)(=O)C(C)CO. The maximum atomic E-state index is 12.0. The number of aliphatic hydroxyl groups is 1. The van der Waals surface area contributed by atoms with Gasteiger partial charge in [0, 0.05) is 19.6 Å². The summed E-state index contributed by atoms with van der Waals surface area (Å²) in [6, 6.07) is 0.325. The second-order valence-corrected chi connectivity index (χ2v) is 7.20. The highest BCUT2D eigenvalue weighted by molar-refractivity contribution is 7.89. The summed E-state index contributed by atoms with van der Waals surface area (Å²) in [5.41, 5.74) is 0. The van der Waals surface area contributed by atoms with E-state index in [1.54, 1.807) is 7.05 Å². The minimum atomic E-state index is -3.35. The van der Waals surface area contributed by atoms with E-state index in [4.69, 9.17) is 5.11 Å². The lowest BCUT2D eigenvalue weighted by molar-refractivity contribution is 0.234. The Labute approximate surface area is 104 Å². The van der Waals surface area contributed by atoms with Crippen molar-refractivity contribution in [3.05, 3.63) is 0 Å². The lowest BCUT2D eigenvalue weighted by atomic mass is 10.2. The van der Waals surface area contributed by atoms with Crippen LogP contribution in [0.5, 0.6) is 0 Å². The smallest absolute Gasteiger partial charge is 0.218 e. The third-order valence-electron chi connectivity index (χ3n) is 3.57. The van der Waals surface area contributed by atoms with Crippen LogP contribution in [0, 0.1) is 0 Å². The van der Waals surface area contributed by atoms with Crippen molar-refractivity contribution in [3.8, 4) is 0 Å². The minimum Gasteiger partial charge on any atom is -0.395 e. The Morgan fingerprint density at radius 2 is 2.18 bits per heavy atom. The Balaban J connectivity index is 2.62. The molecule has 5 nitrogen and oxygen atoms in total. The molecule has 1 aliphatic heterocycles. The van der Waals surface area contributed by atoms with E-state index in [0.29, 0.717) is 12.6 Å². The van der Waals surface area contributed by atoms with Crippen LogP contribution in [0.2, 0.25) is 0 Å². The van der Waals surface area contributed by atoms with Crippen LogP contribution in [-0.2, 0) is 10.0 Å². The molecule has 1 heterocycles. The molecular formula is C11H24N2O3S. The van der Waals surface area contributed by atoms with Crippen LogP contribution in [0.3, 0.4) is 0 Å². The summed E-state index contributed by atoms with van der Waals surface area (Å²) in [5.74, 6) is 0. The molecule has 1 fully saturated rings. The van der Waals surface area contributed by atoms with Gasteiger partial charge in [-0.2, -0.15) is 0 Å². The summed E-state index contributed by atoms with van der Waals surface area (Å²) in [6.45, 7) is 5.87. The lowest BCUT2D eigenvalue weighted by Gasteiger charge is -2.28. The van der Waals surface area contributed by atoms with E-state index in [9.17, 15) is 8.42 Å². The summed E-state index contributed by atoms with van der Waals surface area (Å²) < 4.78 is 25.4. The largest absolute Gasteiger partial charge is 0.395 e. The van der Waals surface area contributed by atoms with Crippen LogP contribution in [0.15, 0.2) is 0 Å². The third kappa shape index (κ3) is 3.40. The zero-order chi connectivity index (χ0) is 13.1. The van der Waals surface area contributed by atoms with E-state index in [2.05, 4.69) is 11.8 Å². The Bertz CT molecular complexity index is 332. The second kappa shape index (κ2) is 6.13. The number of rotatable bonds is 6. The number of nitrogens with zero attached hydrogens (tertiary/aromatic N) is 2. The Morgan fingerprint density at radius 3 is 2.71 bits per heavy atom. The predicted molar refractivity (Wildman–Crippen MR) is 68.4 cm³/mol. The normalized spacial score (nSPS) is 24.4. The van der Waals surface area contributed by atoms with Gasteiger partial charge < -0.3 is 5.11 Å². The van der Waals surface area contributed by atoms with Gasteiger partial charge in [0.2, 0.25) is 10.0 Å². The zero-order valence-corrected chi connectivity index (χ0v) is 11.8. The summed E-state index contributed by atoms with van der Waals surface area (Å²) in [4.78, 5) is 2.32. The Hall–Kier alpha value is -0.170. The molecule has 0 aromatic carbocycles. The molecule has 1 aliphatic rings. The highest BCUT2D eigenvalue weighted by Gasteiger charge is 2.30. The summed E-state index contributed by atoms with van der Waals surface area (Å²) in [5, 5.41) is 8.24. The van der Waals surface area contributed by atoms with Gasteiger partial charge >= 0.3 is 0 Å². The average Bonchev–Trinajstić information content (AvgIpc) is 2.74. The fourth-order valence-corrected chi connectivity index (χ4v) is 3.50. The molecule has 0 saturated carbocycles. The van der Waals surface area contributed by atoms with Gasteiger partial charge in [-0.3, -0.25) is 4.90 Å². The fourth-order valence-electron chi connectivity index (χ4n) is 2.32.